The maximum atomic E-state index is 12.4. The number of hydrogen-bond donors (Lipinski definition) is 3. The van der Waals surface area contributed by atoms with Crippen LogP contribution in [0.15, 0.2) is 30.3 Å². The highest BCUT2D eigenvalue weighted by Gasteiger charge is 2.35. The van der Waals surface area contributed by atoms with Gasteiger partial charge in [0.25, 0.3) is 0 Å². The lowest BCUT2D eigenvalue weighted by Gasteiger charge is -2.25. The van der Waals surface area contributed by atoms with Crippen molar-refractivity contribution in [1.82, 2.24) is 15.5 Å². The topological polar surface area (TPSA) is 125 Å². The van der Waals surface area contributed by atoms with E-state index in [1.165, 1.54) is 4.90 Å². The van der Waals surface area contributed by atoms with Crippen molar-refractivity contribution in [3.05, 3.63) is 35.9 Å². The first kappa shape index (κ1) is 21.2. The number of likely N-dealkylation sites (tertiary alicyclic amines) is 1. The number of carboxylic acids is 1. The Morgan fingerprint density at radius 3 is 2.61 bits per heavy atom. The Morgan fingerprint density at radius 2 is 1.96 bits per heavy atom. The summed E-state index contributed by atoms with van der Waals surface area (Å²) in [6, 6.07) is 7.40. The monoisotopic (exact) mass is 392 g/mol. The maximum Gasteiger partial charge on any atom is 0.407 e. The van der Waals surface area contributed by atoms with Gasteiger partial charge in [-0.1, -0.05) is 37.3 Å². The van der Waals surface area contributed by atoms with Crippen LogP contribution in [-0.2, 0) is 25.7 Å². The van der Waals surface area contributed by atoms with Gasteiger partial charge in [-0.15, -0.1) is 0 Å². The number of nitrogens with zero attached hydrogens (tertiary/aromatic N) is 1. The van der Waals surface area contributed by atoms with E-state index in [-0.39, 0.29) is 19.6 Å². The van der Waals surface area contributed by atoms with Gasteiger partial charge < -0.3 is 25.4 Å². The fourth-order valence-corrected chi connectivity index (χ4v) is 2.97. The van der Waals surface area contributed by atoms with Crippen molar-refractivity contribution in [3.8, 4) is 0 Å². The summed E-state index contributed by atoms with van der Waals surface area (Å²) in [5.41, 5.74) is 0.823. The normalized spacial score (nSPS) is 16.9. The number of ether oxygens (including phenoxy) is 1. The van der Waals surface area contributed by atoms with Crippen LogP contribution in [0.4, 0.5) is 4.79 Å². The molecule has 1 unspecified atom stereocenters. The summed E-state index contributed by atoms with van der Waals surface area (Å²) in [6.07, 6.45) is 0.601. The number of nitrogens with one attached hydrogen (secondary N) is 2. The molecular formula is C19H25N3O6. The molecule has 0 spiro atoms. The molecule has 1 aromatic rings. The number of carbonyl (C=O) groups excluding carboxylic acids is 3. The van der Waals surface area contributed by atoms with Crippen LogP contribution in [0.1, 0.15) is 31.7 Å². The lowest BCUT2D eigenvalue weighted by molar-refractivity contribution is -0.143. The first-order valence-corrected chi connectivity index (χ1v) is 9.19. The average Bonchev–Trinajstić information content (AvgIpc) is 3.19. The fraction of sp³-hybridized carbons (Fsp3) is 0.474. The summed E-state index contributed by atoms with van der Waals surface area (Å²) in [7, 11) is 0. The molecule has 1 aromatic carbocycles. The lowest BCUT2D eigenvalue weighted by atomic mass is 10.2. The zero-order valence-electron chi connectivity index (χ0n) is 15.7. The van der Waals surface area contributed by atoms with Crippen molar-refractivity contribution >= 4 is 23.9 Å². The Balaban J connectivity index is 1.81. The van der Waals surface area contributed by atoms with Crippen molar-refractivity contribution in [2.75, 3.05) is 13.1 Å². The van der Waals surface area contributed by atoms with E-state index in [0.717, 1.165) is 5.56 Å². The van der Waals surface area contributed by atoms with Crippen molar-refractivity contribution in [3.63, 3.8) is 0 Å². The molecule has 0 bridgehead atoms. The molecular weight excluding hydrogens is 367 g/mol. The number of benzene rings is 1. The second-order valence-corrected chi connectivity index (χ2v) is 6.47. The molecule has 3 amide bonds. The molecule has 2 rings (SSSR count). The summed E-state index contributed by atoms with van der Waals surface area (Å²) < 4.78 is 5.04. The first-order chi connectivity index (χ1) is 13.4. The molecule has 1 fully saturated rings. The number of rotatable bonds is 8. The molecule has 1 heterocycles. The van der Waals surface area contributed by atoms with Crippen LogP contribution in [0, 0.1) is 0 Å². The third kappa shape index (κ3) is 5.97. The number of carbonyl (C=O) groups is 4. The van der Waals surface area contributed by atoms with Crippen LogP contribution >= 0.6 is 0 Å². The first-order valence-electron chi connectivity index (χ1n) is 9.19. The second kappa shape index (κ2) is 10.3. The summed E-state index contributed by atoms with van der Waals surface area (Å²) >= 11 is 0. The molecule has 1 saturated heterocycles. The summed E-state index contributed by atoms with van der Waals surface area (Å²) in [5, 5.41) is 13.9. The molecule has 1 aliphatic heterocycles. The predicted octanol–water partition coefficient (Wildman–Crippen LogP) is 0.883. The van der Waals surface area contributed by atoms with Crippen molar-refractivity contribution in [2.24, 2.45) is 0 Å². The van der Waals surface area contributed by atoms with Gasteiger partial charge in [-0.3, -0.25) is 9.59 Å². The summed E-state index contributed by atoms with van der Waals surface area (Å²) in [4.78, 5) is 48.9. The number of alkyl carbamates (subject to hydrolysis) is 1. The number of hydrogen-bond acceptors (Lipinski definition) is 5. The highest BCUT2D eigenvalue weighted by molar-refractivity contribution is 5.92. The van der Waals surface area contributed by atoms with Crippen molar-refractivity contribution < 1.29 is 29.0 Å². The van der Waals surface area contributed by atoms with Gasteiger partial charge in [-0.05, 0) is 24.8 Å². The largest absolute Gasteiger partial charge is 0.480 e. The molecule has 2 atom stereocenters. The molecule has 0 radical (unpaired) electrons. The van der Waals surface area contributed by atoms with E-state index < -0.39 is 36.0 Å². The molecule has 0 aromatic heterocycles. The zero-order valence-corrected chi connectivity index (χ0v) is 15.7. The minimum Gasteiger partial charge on any atom is -0.480 e. The predicted molar refractivity (Wildman–Crippen MR) is 99.2 cm³/mol. The van der Waals surface area contributed by atoms with Crippen LogP contribution in [0.5, 0.6) is 0 Å². The van der Waals surface area contributed by atoms with Gasteiger partial charge >= 0.3 is 12.1 Å². The smallest absolute Gasteiger partial charge is 0.407 e. The molecule has 3 N–H and O–H groups in total. The Hall–Kier alpha value is -3.10. The van der Waals surface area contributed by atoms with Crippen LogP contribution in [-0.4, -0.2) is 59.1 Å². The quantitative estimate of drug-likeness (QED) is 0.564. The second-order valence-electron chi connectivity index (χ2n) is 6.47. The van der Waals surface area contributed by atoms with E-state index in [0.29, 0.717) is 19.4 Å². The third-order valence-electron chi connectivity index (χ3n) is 4.50. The van der Waals surface area contributed by atoms with Gasteiger partial charge in [0.05, 0.1) is 0 Å². The molecule has 0 aliphatic carbocycles. The van der Waals surface area contributed by atoms with Crippen molar-refractivity contribution in [1.29, 1.82) is 0 Å². The van der Waals surface area contributed by atoms with E-state index in [2.05, 4.69) is 10.6 Å². The Bertz CT molecular complexity index is 709. The fourth-order valence-electron chi connectivity index (χ4n) is 2.97. The average molecular weight is 392 g/mol. The Morgan fingerprint density at radius 1 is 1.25 bits per heavy atom. The van der Waals surface area contributed by atoms with Crippen LogP contribution in [0.3, 0.4) is 0 Å². The van der Waals surface area contributed by atoms with E-state index in [4.69, 9.17) is 9.84 Å². The van der Waals surface area contributed by atoms with Crippen LogP contribution < -0.4 is 10.6 Å². The Labute approximate surface area is 163 Å². The third-order valence-corrected chi connectivity index (χ3v) is 4.50. The van der Waals surface area contributed by atoms with E-state index >= 15 is 0 Å². The van der Waals surface area contributed by atoms with Crippen molar-refractivity contribution in [2.45, 2.75) is 44.9 Å². The SMILES string of the molecule is CCC(NC(=O)[C@@H]1CCCN1C(=O)CNC(=O)OCc1ccccc1)[13C](=O)O. The number of carboxylic acid groups (broad SMARTS) is 1. The molecule has 28 heavy (non-hydrogen) atoms. The van der Waals surface area contributed by atoms with Gasteiger partial charge in [0.2, 0.25) is 11.8 Å². The summed E-state index contributed by atoms with van der Waals surface area (Å²) in [6.45, 7) is 1.82. The van der Waals surface area contributed by atoms with Gasteiger partial charge in [-0.2, -0.15) is 0 Å². The maximum absolute atomic E-state index is 12.4. The van der Waals surface area contributed by atoms with E-state index in [1.54, 1.807) is 6.92 Å². The van der Waals surface area contributed by atoms with Crippen LogP contribution in [0.25, 0.3) is 0 Å². The highest BCUT2D eigenvalue weighted by Crippen LogP contribution is 2.17. The highest BCUT2D eigenvalue weighted by atomic mass is 16.5. The standard InChI is InChI=1S/C19H25N3O6/c1-2-14(18(25)26)21-17(24)15-9-6-10-22(15)16(23)11-20-19(27)28-12-13-7-4-3-5-8-13/h3-5,7-8,14-15H,2,6,9-12H2,1H3,(H,20,27)(H,21,24)(H,25,26)/t14?,15-/m0/s1/i18+1. The lowest BCUT2D eigenvalue weighted by Crippen LogP contribution is -2.52. The minimum atomic E-state index is -1.12. The Kier molecular flexibility index (Phi) is 7.79. The molecule has 0 saturated carbocycles. The minimum absolute atomic E-state index is 0.0865. The number of aliphatic carboxylic acids is 1. The molecule has 9 nitrogen and oxygen atoms in total. The zero-order chi connectivity index (χ0) is 20.5. The van der Waals surface area contributed by atoms with E-state index in [1.807, 2.05) is 30.3 Å². The summed E-state index contributed by atoms with van der Waals surface area (Å²) in [5.74, 6) is -2.03. The van der Waals surface area contributed by atoms with E-state index in [9.17, 15) is 19.2 Å². The molecule has 152 valence electrons. The number of amides is 3. The van der Waals surface area contributed by atoms with Crippen LogP contribution in [0.2, 0.25) is 0 Å². The van der Waals surface area contributed by atoms with Gasteiger partial charge in [0.15, 0.2) is 0 Å². The molecule has 1 aliphatic rings. The van der Waals surface area contributed by atoms with Gasteiger partial charge in [0, 0.05) is 6.54 Å². The molecule has 9 heteroatoms. The van der Waals surface area contributed by atoms with Gasteiger partial charge in [0.1, 0.15) is 25.2 Å². The van der Waals surface area contributed by atoms with Gasteiger partial charge in [-0.25, -0.2) is 9.59 Å².